The standard InChI is InChI=1S/C19H19N5O2/c1-23(2)17-5-3-4-15(12-17)19(26)22-21-18(25)14-6-8-16(9-7-14)24-11-10-20-13-24/h3-13H,1-2H3,(H,21,25)(H,22,26). The van der Waals surface area contributed by atoms with Gasteiger partial charge in [0.1, 0.15) is 0 Å². The van der Waals surface area contributed by atoms with Gasteiger partial charge in [-0.2, -0.15) is 0 Å². The number of nitrogens with zero attached hydrogens (tertiary/aromatic N) is 3. The molecule has 1 aromatic heterocycles. The Kier molecular flexibility index (Phi) is 4.98. The van der Waals surface area contributed by atoms with Gasteiger partial charge < -0.3 is 9.47 Å². The zero-order valence-corrected chi connectivity index (χ0v) is 14.5. The Balaban J connectivity index is 1.61. The molecule has 2 N–H and O–H groups in total. The molecule has 0 spiro atoms. The van der Waals surface area contributed by atoms with E-state index in [1.807, 2.05) is 35.8 Å². The van der Waals surface area contributed by atoms with Gasteiger partial charge in [0.05, 0.1) is 6.33 Å². The monoisotopic (exact) mass is 349 g/mol. The van der Waals surface area contributed by atoms with Crippen LogP contribution in [0.25, 0.3) is 5.69 Å². The number of nitrogens with one attached hydrogen (secondary N) is 2. The zero-order valence-electron chi connectivity index (χ0n) is 14.5. The van der Waals surface area contributed by atoms with Gasteiger partial charge in [0.15, 0.2) is 0 Å². The summed E-state index contributed by atoms with van der Waals surface area (Å²) < 4.78 is 1.83. The van der Waals surface area contributed by atoms with Crippen LogP contribution in [-0.2, 0) is 0 Å². The second kappa shape index (κ2) is 7.52. The van der Waals surface area contributed by atoms with Crippen LogP contribution in [0, 0.1) is 0 Å². The Morgan fingerprint density at radius 1 is 0.962 bits per heavy atom. The lowest BCUT2D eigenvalue weighted by Crippen LogP contribution is -2.41. The predicted molar refractivity (Wildman–Crippen MR) is 99.3 cm³/mol. The van der Waals surface area contributed by atoms with Crippen molar-refractivity contribution < 1.29 is 9.59 Å². The van der Waals surface area contributed by atoms with Crippen LogP contribution in [0.2, 0.25) is 0 Å². The molecule has 1 heterocycles. The Morgan fingerprint density at radius 2 is 1.65 bits per heavy atom. The quantitative estimate of drug-likeness (QED) is 0.706. The second-order valence-corrected chi connectivity index (χ2v) is 5.87. The summed E-state index contributed by atoms with van der Waals surface area (Å²) in [5.41, 5.74) is 7.56. The van der Waals surface area contributed by atoms with Gasteiger partial charge in [-0.1, -0.05) is 6.07 Å². The van der Waals surface area contributed by atoms with Crippen molar-refractivity contribution in [3.8, 4) is 5.69 Å². The number of carbonyl (C=O) groups is 2. The largest absolute Gasteiger partial charge is 0.378 e. The Labute approximate surface area is 151 Å². The van der Waals surface area contributed by atoms with Gasteiger partial charge in [-0.25, -0.2) is 4.98 Å². The number of benzene rings is 2. The lowest BCUT2D eigenvalue weighted by Gasteiger charge is -2.13. The van der Waals surface area contributed by atoms with Gasteiger partial charge in [-0.3, -0.25) is 20.4 Å². The number of imidazole rings is 1. The number of hydrogen-bond acceptors (Lipinski definition) is 4. The summed E-state index contributed by atoms with van der Waals surface area (Å²) in [5.74, 6) is -0.767. The summed E-state index contributed by atoms with van der Waals surface area (Å²) in [7, 11) is 3.79. The van der Waals surface area contributed by atoms with E-state index in [4.69, 9.17) is 0 Å². The Bertz CT molecular complexity index is 902. The molecule has 2 amide bonds. The smallest absolute Gasteiger partial charge is 0.269 e. The summed E-state index contributed by atoms with van der Waals surface area (Å²) in [6.07, 6.45) is 5.18. The third-order valence-electron chi connectivity index (χ3n) is 3.85. The fourth-order valence-corrected chi connectivity index (χ4v) is 2.38. The second-order valence-electron chi connectivity index (χ2n) is 5.87. The molecule has 3 aromatic rings. The highest BCUT2D eigenvalue weighted by atomic mass is 16.2. The molecular weight excluding hydrogens is 330 g/mol. The minimum atomic E-state index is -0.390. The van der Waals surface area contributed by atoms with Gasteiger partial charge in [-0.05, 0) is 42.5 Å². The summed E-state index contributed by atoms with van der Waals surface area (Å²) in [5, 5.41) is 0. The van der Waals surface area contributed by atoms with Gasteiger partial charge in [0.2, 0.25) is 0 Å². The molecule has 0 aliphatic carbocycles. The van der Waals surface area contributed by atoms with Crippen molar-refractivity contribution in [3.05, 3.63) is 78.4 Å². The molecule has 0 aliphatic rings. The average Bonchev–Trinajstić information content (AvgIpc) is 3.21. The minimum Gasteiger partial charge on any atom is -0.378 e. The van der Waals surface area contributed by atoms with Gasteiger partial charge >= 0.3 is 0 Å². The number of hydrogen-bond donors (Lipinski definition) is 2. The maximum absolute atomic E-state index is 12.2. The van der Waals surface area contributed by atoms with Crippen molar-refractivity contribution in [1.82, 2.24) is 20.4 Å². The number of aromatic nitrogens is 2. The Morgan fingerprint density at radius 3 is 2.27 bits per heavy atom. The molecule has 7 heteroatoms. The first-order valence-electron chi connectivity index (χ1n) is 8.01. The number of carbonyl (C=O) groups excluding carboxylic acids is 2. The highest BCUT2D eigenvalue weighted by molar-refractivity contribution is 5.99. The summed E-state index contributed by atoms with van der Waals surface area (Å²) in [6, 6.07) is 14.1. The highest BCUT2D eigenvalue weighted by Crippen LogP contribution is 2.13. The summed E-state index contributed by atoms with van der Waals surface area (Å²) in [4.78, 5) is 30.3. The number of rotatable bonds is 4. The first-order chi connectivity index (χ1) is 12.5. The van der Waals surface area contributed by atoms with Crippen LogP contribution in [0.3, 0.4) is 0 Å². The molecule has 0 fully saturated rings. The molecule has 0 saturated heterocycles. The van der Waals surface area contributed by atoms with Crippen LogP contribution in [0.4, 0.5) is 5.69 Å². The van der Waals surface area contributed by atoms with Crippen LogP contribution in [0.5, 0.6) is 0 Å². The van der Waals surface area contributed by atoms with Crippen LogP contribution < -0.4 is 15.8 Å². The van der Waals surface area contributed by atoms with E-state index in [0.717, 1.165) is 11.4 Å². The van der Waals surface area contributed by atoms with E-state index in [1.54, 1.807) is 55.0 Å². The molecule has 0 saturated carbocycles. The molecule has 0 unspecified atom stereocenters. The average molecular weight is 349 g/mol. The third-order valence-corrected chi connectivity index (χ3v) is 3.85. The lowest BCUT2D eigenvalue weighted by molar-refractivity contribution is 0.0846. The fourth-order valence-electron chi connectivity index (χ4n) is 2.38. The maximum atomic E-state index is 12.2. The topological polar surface area (TPSA) is 79.3 Å². The zero-order chi connectivity index (χ0) is 18.5. The molecule has 7 nitrogen and oxygen atoms in total. The SMILES string of the molecule is CN(C)c1cccc(C(=O)NNC(=O)c2ccc(-n3ccnc3)cc2)c1. The molecule has 3 rings (SSSR count). The van der Waals surface area contributed by atoms with Crippen LogP contribution in [-0.4, -0.2) is 35.5 Å². The van der Waals surface area contributed by atoms with E-state index in [9.17, 15) is 9.59 Å². The molecule has 0 bridgehead atoms. The fraction of sp³-hybridized carbons (Fsp3) is 0.105. The van der Waals surface area contributed by atoms with Crippen molar-refractivity contribution >= 4 is 17.5 Å². The normalized spacial score (nSPS) is 10.2. The molecule has 132 valence electrons. The number of hydrazine groups is 1. The third kappa shape index (κ3) is 3.89. The van der Waals surface area contributed by atoms with Crippen LogP contribution in [0.15, 0.2) is 67.3 Å². The first-order valence-corrected chi connectivity index (χ1v) is 8.01. The summed E-state index contributed by atoms with van der Waals surface area (Å²) >= 11 is 0. The molecule has 26 heavy (non-hydrogen) atoms. The molecule has 2 aromatic carbocycles. The molecule has 0 aliphatic heterocycles. The maximum Gasteiger partial charge on any atom is 0.269 e. The van der Waals surface area contributed by atoms with Crippen molar-refractivity contribution in [3.63, 3.8) is 0 Å². The van der Waals surface area contributed by atoms with Gasteiger partial charge in [0, 0.05) is 49.0 Å². The van der Waals surface area contributed by atoms with Gasteiger partial charge in [0.25, 0.3) is 11.8 Å². The van der Waals surface area contributed by atoms with Crippen molar-refractivity contribution in [2.75, 3.05) is 19.0 Å². The molecule has 0 atom stereocenters. The molecule has 0 radical (unpaired) electrons. The first kappa shape index (κ1) is 17.2. The summed E-state index contributed by atoms with van der Waals surface area (Å²) in [6.45, 7) is 0. The van der Waals surface area contributed by atoms with E-state index in [2.05, 4.69) is 15.8 Å². The van der Waals surface area contributed by atoms with Crippen molar-refractivity contribution in [1.29, 1.82) is 0 Å². The van der Waals surface area contributed by atoms with E-state index < -0.39 is 0 Å². The highest BCUT2D eigenvalue weighted by Gasteiger charge is 2.10. The predicted octanol–water partition coefficient (Wildman–Crippen LogP) is 2.01. The number of amides is 2. The van der Waals surface area contributed by atoms with E-state index in [-0.39, 0.29) is 11.8 Å². The van der Waals surface area contributed by atoms with Gasteiger partial charge in [-0.15, -0.1) is 0 Å². The van der Waals surface area contributed by atoms with E-state index in [1.165, 1.54) is 0 Å². The van der Waals surface area contributed by atoms with E-state index >= 15 is 0 Å². The van der Waals surface area contributed by atoms with E-state index in [0.29, 0.717) is 11.1 Å². The lowest BCUT2D eigenvalue weighted by atomic mass is 10.2. The van der Waals surface area contributed by atoms with Crippen LogP contribution in [0.1, 0.15) is 20.7 Å². The van der Waals surface area contributed by atoms with Crippen molar-refractivity contribution in [2.24, 2.45) is 0 Å². The van der Waals surface area contributed by atoms with Crippen molar-refractivity contribution in [2.45, 2.75) is 0 Å². The number of anilines is 1. The molecular formula is C19H19N5O2. The minimum absolute atomic E-state index is 0.378. The Hall–Kier alpha value is -3.61. The van der Waals surface area contributed by atoms with Crippen LogP contribution >= 0.6 is 0 Å².